The molecular formula is C12H6Cl2F2N2O. The van der Waals surface area contributed by atoms with Crippen LogP contribution in [0.2, 0.25) is 10.2 Å². The van der Waals surface area contributed by atoms with Crippen LogP contribution in [0.25, 0.3) is 0 Å². The molecule has 7 heteroatoms. The van der Waals surface area contributed by atoms with Gasteiger partial charge >= 0.3 is 0 Å². The quantitative estimate of drug-likeness (QED) is 0.854. The van der Waals surface area contributed by atoms with E-state index in [1.807, 2.05) is 0 Å². The van der Waals surface area contributed by atoms with E-state index in [4.69, 9.17) is 23.2 Å². The molecule has 0 unspecified atom stereocenters. The largest absolute Gasteiger partial charge is 0.319 e. The molecule has 1 aromatic carbocycles. The number of benzene rings is 1. The standard InChI is InChI=1S/C12H6Cl2F2N2O/c13-6-3-8(11(14)17-5-6)12(19)18-10-2-1-7(15)4-9(10)16/h1-5H,(H,18,19). The maximum Gasteiger partial charge on any atom is 0.258 e. The number of hydrogen-bond donors (Lipinski definition) is 1. The van der Waals surface area contributed by atoms with Gasteiger partial charge in [0.25, 0.3) is 5.91 Å². The Morgan fingerprint density at radius 2 is 1.95 bits per heavy atom. The summed E-state index contributed by atoms with van der Waals surface area (Å²) in [6, 6.07) is 4.09. The zero-order chi connectivity index (χ0) is 14.0. The third kappa shape index (κ3) is 3.19. The highest BCUT2D eigenvalue weighted by Gasteiger charge is 2.14. The number of nitrogens with one attached hydrogen (secondary N) is 1. The Hall–Kier alpha value is -1.72. The number of carbonyl (C=O) groups is 1. The van der Waals surface area contributed by atoms with E-state index < -0.39 is 17.5 Å². The topological polar surface area (TPSA) is 42.0 Å². The Morgan fingerprint density at radius 3 is 2.63 bits per heavy atom. The third-order valence-electron chi connectivity index (χ3n) is 2.23. The molecular weight excluding hydrogens is 297 g/mol. The molecule has 3 nitrogen and oxygen atoms in total. The van der Waals surface area contributed by atoms with Crippen molar-refractivity contribution in [3.05, 3.63) is 57.8 Å². The highest BCUT2D eigenvalue weighted by molar-refractivity contribution is 6.35. The first kappa shape index (κ1) is 13.7. The highest BCUT2D eigenvalue weighted by atomic mass is 35.5. The molecule has 0 fully saturated rings. The van der Waals surface area contributed by atoms with Gasteiger partial charge in [0.15, 0.2) is 0 Å². The number of anilines is 1. The lowest BCUT2D eigenvalue weighted by atomic mass is 10.2. The first-order valence-electron chi connectivity index (χ1n) is 5.05. The lowest BCUT2D eigenvalue weighted by molar-refractivity contribution is 0.102. The van der Waals surface area contributed by atoms with Crippen molar-refractivity contribution < 1.29 is 13.6 Å². The second kappa shape index (κ2) is 5.50. The lowest BCUT2D eigenvalue weighted by Crippen LogP contribution is -2.14. The fraction of sp³-hybridized carbons (Fsp3) is 0. The molecule has 0 aliphatic carbocycles. The van der Waals surface area contributed by atoms with Crippen molar-refractivity contribution in [2.24, 2.45) is 0 Å². The smallest absolute Gasteiger partial charge is 0.258 e. The molecule has 0 bridgehead atoms. The van der Waals surface area contributed by atoms with Crippen LogP contribution in [0.4, 0.5) is 14.5 Å². The number of halogens is 4. The summed E-state index contributed by atoms with van der Waals surface area (Å²) in [7, 11) is 0. The van der Waals surface area contributed by atoms with Crippen molar-refractivity contribution in [2.75, 3.05) is 5.32 Å². The molecule has 0 radical (unpaired) electrons. The molecule has 1 amide bonds. The van der Waals surface area contributed by atoms with E-state index in [1.165, 1.54) is 12.3 Å². The molecule has 0 saturated heterocycles. The van der Waals surface area contributed by atoms with Gasteiger partial charge in [0, 0.05) is 12.3 Å². The molecule has 1 N–H and O–H groups in total. The summed E-state index contributed by atoms with van der Waals surface area (Å²) in [5, 5.41) is 2.41. The molecule has 0 saturated carbocycles. The molecule has 1 heterocycles. The minimum Gasteiger partial charge on any atom is -0.319 e. The first-order valence-corrected chi connectivity index (χ1v) is 5.80. The highest BCUT2D eigenvalue weighted by Crippen LogP contribution is 2.20. The van der Waals surface area contributed by atoms with Crippen molar-refractivity contribution in [3.8, 4) is 0 Å². The van der Waals surface area contributed by atoms with E-state index in [0.717, 1.165) is 12.1 Å². The number of aromatic nitrogens is 1. The van der Waals surface area contributed by atoms with Crippen LogP contribution in [0.15, 0.2) is 30.5 Å². The summed E-state index contributed by atoms with van der Waals surface area (Å²) in [5.41, 5.74) is -0.166. The second-order valence-electron chi connectivity index (χ2n) is 3.57. The van der Waals surface area contributed by atoms with Gasteiger partial charge in [0.05, 0.1) is 16.3 Å². The van der Waals surface area contributed by atoms with Gasteiger partial charge in [0.2, 0.25) is 0 Å². The summed E-state index contributed by atoms with van der Waals surface area (Å²) in [6.07, 6.45) is 1.28. The van der Waals surface area contributed by atoms with E-state index in [9.17, 15) is 13.6 Å². The van der Waals surface area contributed by atoms with Gasteiger partial charge in [-0.2, -0.15) is 0 Å². The predicted octanol–water partition coefficient (Wildman–Crippen LogP) is 3.92. The van der Waals surface area contributed by atoms with E-state index in [0.29, 0.717) is 6.07 Å². The van der Waals surface area contributed by atoms with Crippen LogP contribution < -0.4 is 5.32 Å². The number of rotatable bonds is 2. The Morgan fingerprint density at radius 1 is 1.21 bits per heavy atom. The van der Waals surface area contributed by atoms with Gasteiger partial charge in [-0.25, -0.2) is 13.8 Å². The molecule has 98 valence electrons. The fourth-order valence-electron chi connectivity index (χ4n) is 1.36. The van der Waals surface area contributed by atoms with Gasteiger partial charge in [-0.05, 0) is 18.2 Å². The number of carbonyl (C=O) groups excluding carboxylic acids is 1. The number of hydrogen-bond acceptors (Lipinski definition) is 2. The molecule has 2 aromatic rings. The van der Waals surface area contributed by atoms with Gasteiger partial charge in [-0.15, -0.1) is 0 Å². The molecule has 19 heavy (non-hydrogen) atoms. The zero-order valence-electron chi connectivity index (χ0n) is 9.25. The average Bonchev–Trinajstić information content (AvgIpc) is 2.35. The third-order valence-corrected chi connectivity index (χ3v) is 2.74. The molecule has 0 aliphatic heterocycles. The summed E-state index contributed by atoms with van der Waals surface area (Å²) in [6.45, 7) is 0. The van der Waals surface area contributed by atoms with Crippen molar-refractivity contribution in [1.29, 1.82) is 0 Å². The van der Waals surface area contributed by atoms with Crippen LogP contribution >= 0.6 is 23.2 Å². The molecule has 0 spiro atoms. The van der Waals surface area contributed by atoms with Crippen molar-refractivity contribution in [2.45, 2.75) is 0 Å². The SMILES string of the molecule is O=C(Nc1ccc(F)cc1F)c1cc(Cl)cnc1Cl. The molecule has 1 aromatic heterocycles. The maximum atomic E-state index is 13.4. The summed E-state index contributed by atoms with van der Waals surface area (Å²) < 4.78 is 26.1. The predicted molar refractivity (Wildman–Crippen MR) is 68.6 cm³/mol. The average molecular weight is 303 g/mol. The van der Waals surface area contributed by atoms with E-state index >= 15 is 0 Å². The summed E-state index contributed by atoms with van der Waals surface area (Å²) >= 11 is 11.4. The van der Waals surface area contributed by atoms with Gasteiger partial charge in [-0.1, -0.05) is 23.2 Å². The van der Waals surface area contributed by atoms with Crippen LogP contribution in [-0.4, -0.2) is 10.9 Å². The Balaban J connectivity index is 2.28. The normalized spacial score (nSPS) is 10.3. The van der Waals surface area contributed by atoms with Crippen LogP contribution in [0.5, 0.6) is 0 Å². The maximum absolute atomic E-state index is 13.4. The first-order chi connectivity index (χ1) is 8.97. The number of amides is 1. The van der Waals surface area contributed by atoms with Crippen LogP contribution in [-0.2, 0) is 0 Å². The van der Waals surface area contributed by atoms with E-state index in [-0.39, 0.29) is 21.4 Å². The number of pyridine rings is 1. The number of nitrogens with zero attached hydrogens (tertiary/aromatic N) is 1. The van der Waals surface area contributed by atoms with Crippen molar-refractivity contribution in [1.82, 2.24) is 4.98 Å². The van der Waals surface area contributed by atoms with Gasteiger partial charge < -0.3 is 5.32 Å². The van der Waals surface area contributed by atoms with Gasteiger partial charge in [-0.3, -0.25) is 4.79 Å². The molecule has 0 atom stereocenters. The van der Waals surface area contributed by atoms with Crippen LogP contribution in [0.3, 0.4) is 0 Å². The van der Waals surface area contributed by atoms with Crippen LogP contribution in [0, 0.1) is 11.6 Å². The summed E-state index contributed by atoms with van der Waals surface area (Å²) in [5.74, 6) is -2.32. The zero-order valence-corrected chi connectivity index (χ0v) is 10.8. The van der Waals surface area contributed by atoms with Crippen molar-refractivity contribution >= 4 is 34.8 Å². The monoisotopic (exact) mass is 302 g/mol. The minimum absolute atomic E-state index is 0.00195. The summed E-state index contributed by atoms with van der Waals surface area (Å²) in [4.78, 5) is 15.6. The van der Waals surface area contributed by atoms with Gasteiger partial charge in [0.1, 0.15) is 16.8 Å². The Bertz CT molecular complexity index is 650. The Labute approximate surface area is 117 Å². The molecule has 2 rings (SSSR count). The minimum atomic E-state index is -0.889. The van der Waals surface area contributed by atoms with Crippen molar-refractivity contribution in [3.63, 3.8) is 0 Å². The lowest BCUT2D eigenvalue weighted by Gasteiger charge is -2.07. The second-order valence-corrected chi connectivity index (χ2v) is 4.36. The van der Waals surface area contributed by atoms with E-state index in [1.54, 1.807) is 0 Å². The fourth-order valence-corrected chi connectivity index (χ4v) is 1.71. The van der Waals surface area contributed by atoms with Crippen LogP contribution in [0.1, 0.15) is 10.4 Å². The molecule has 0 aliphatic rings. The Kier molecular flexibility index (Phi) is 3.97. The van der Waals surface area contributed by atoms with E-state index in [2.05, 4.69) is 10.3 Å².